The Morgan fingerprint density at radius 1 is 0.964 bits per heavy atom. The van der Waals surface area contributed by atoms with Crippen LogP contribution in [0.1, 0.15) is 16.7 Å². The lowest BCUT2D eigenvalue weighted by atomic mass is 10.0. The number of benzene rings is 2. The van der Waals surface area contributed by atoms with Crippen LogP contribution >= 0.6 is 0 Å². The number of methoxy groups -OCH3 is 2. The van der Waals surface area contributed by atoms with Gasteiger partial charge in [-0.25, -0.2) is 9.69 Å². The molecule has 2 aromatic rings. The van der Waals surface area contributed by atoms with E-state index in [2.05, 4.69) is 5.32 Å². The Morgan fingerprint density at radius 3 is 2.39 bits per heavy atom. The minimum atomic E-state index is -0.775. The van der Waals surface area contributed by atoms with Crippen molar-refractivity contribution >= 4 is 29.6 Å². The lowest BCUT2D eigenvalue weighted by Gasteiger charge is -2.28. The van der Waals surface area contributed by atoms with Crippen molar-refractivity contribution in [3.63, 3.8) is 0 Å². The molecule has 0 spiro atoms. The van der Waals surface area contributed by atoms with Crippen molar-refractivity contribution in [2.24, 2.45) is 0 Å². The number of urea groups is 1. The fourth-order valence-electron chi connectivity index (χ4n) is 2.93. The van der Waals surface area contributed by atoms with E-state index in [4.69, 9.17) is 9.47 Å². The lowest BCUT2D eigenvalue weighted by Crippen LogP contribution is -2.54. The summed E-state index contributed by atoms with van der Waals surface area (Å²) < 4.78 is 10.5. The Morgan fingerprint density at radius 2 is 1.71 bits per heavy atom. The number of imide groups is 2. The van der Waals surface area contributed by atoms with Crippen molar-refractivity contribution in [2.45, 2.75) is 13.8 Å². The Labute approximate surface area is 162 Å². The number of ether oxygens (including phenoxy) is 2. The van der Waals surface area contributed by atoms with Crippen molar-refractivity contribution in [1.29, 1.82) is 0 Å². The van der Waals surface area contributed by atoms with Gasteiger partial charge in [0.15, 0.2) is 0 Å². The van der Waals surface area contributed by atoms with E-state index >= 15 is 0 Å². The maximum Gasteiger partial charge on any atom is 0.335 e. The number of carbonyl (C=O) groups excluding carboxylic acids is 3. The summed E-state index contributed by atoms with van der Waals surface area (Å²) in [6.07, 6.45) is 1.40. The molecular formula is C21H20N2O5. The predicted octanol–water partition coefficient (Wildman–Crippen LogP) is 2.99. The van der Waals surface area contributed by atoms with Gasteiger partial charge in [-0.15, -0.1) is 0 Å². The Balaban J connectivity index is 2.08. The SMILES string of the molecule is COc1ccc(/C=C2\C(=O)NC(=O)N(c3cc(C)ccc3C)C2=O)c(OC)c1. The van der Waals surface area contributed by atoms with Crippen molar-refractivity contribution in [3.8, 4) is 11.5 Å². The number of nitrogens with one attached hydrogen (secondary N) is 1. The van der Waals surface area contributed by atoms with E-state index in [1.165, 1.54) is 20.3 Å². The fraction of sp³-hybridized carbons (Fsp3) is 0.190. The highest BCUT2D eigenvalue weighted by atomic mass is 16.5. The third-order valence-electron chi connectivity index (χ3n) is 4.45. The molecule has 0 aromatic heterocycles. The van der Waals surface area contributed by atoms with Crippen molar-refractivity contribution in [1.82, 2.24) is 5.32 Å². The zero-order valence-corrected chi connectivity index (χ0v) is 16.0. The number of barbiturate groups is 1. The second kappa shape index (κ2) is 7.56. The maximum absolute atomic E-state index is 13.0. The topological polar surface area (TPSA) is 84.9 Å². The quantitative estimate of drug-likeness (QED) is 0.651. The van der Waals surface area contributed by atoms with Gasteiger partial charge in [0.1, 0.15) is 17.1 Å². The number of rotatable bonds is 4. The number of anilines is 1. The summed E-state index contributed by atoms with van der Waals surface area (Å²) in [5.74, 6) is -0.442. The average molecular weight is 380 g/mol. The smallest absolute Gasteiger partial charge is 0.335 e. The maximum atomic E-state index is 13.0. The molecule has 0 saturated carbocycles. The normalized spacial score (nSPS) is 15.6. The summed E-state index contributed by atoms with van der Waals surface area (Å²) in [5, 5.41) is 2.23. The molecule has 1 aliphatic heterocycles. The fourth-order valence-corrected chi connectivity index (χ4v) is 2.93. The van der Waals surface area contributed by atoms with Gasteiger partial charge in [0.05, 0.1) is 19.9 Å². The first-order valence-corrected chi connectivity index (χ1v) is 8.56. The molecule has 1 fully saturated rings. The van der Waals surface area contributed by atoms with Crippen LogP contribution in [0.25, 0.3) is 6.08 Å². The first kappa shape index (κ1) is 19.2. The predicted molar refractivity (Wildman–Crippen MR) is 104 cm³/mol. The van der Waals surface area contributed by atoms with Crippen molar-refractivity contribution in [3.05, 3.63) is 58.7 Å². The molecule has 0 radical (unpaired) electrons. The minimum absolute atomic E-state index is 0.163. The largest absolute Gasteiger partial charge is 0.497 e. The highest BCUT2D eigenvalue weighted by molar-refractivity contribution is 6.39. The number of amides is 4. The van der Waals surface area contributed by atoms with Gasteiger partial charge in [0.2, 0.25) is 0 Å². The molecule has 7 heteroatoms. The highest BCUT2D eigenvalue weighted by Crippen LogP contribution is 2.29. The van der Waals surface area contributed by atoms with E-state index in [-0.39, 0.29) is 5.57 Å². The van der Waals surface area contributed by atoms with Gasteiger partial charge in [-0.1, -0.05) is 12.1 Å². The summed E-state index contributed by atoms with van der Waals surface area (Å²) in [5.41, 5.74) is 2.41. The number of hydrogen-bond acceptors (Lipinski definition) is 5. The molecule has 28 heavy (non-hydrogen) atoms. The van der Waals surface area contributed by atoms with Crippen LogP contribution in [0.3, 0.4) is 0 Å². The van der Waals surface area contributed by atoms with Crippen molar-refractivity contribution in [2.75, 3.05) is 19.1 Å². The summed E-state index contributed by atoms with van der Waals surface area (Å²) in [7, 11) is 3.00. The average Bonchev–Trinajstić information content (AvgIpc) is 2.67. The highest BCUT2D eigenvalue weighted by Gasteiger charge is 2.37. The van der Waals surface area contributed by atoms with Crippen LogP contribution in [0.2, 0.25) is 0 Å². The molecule has 2 aromatic carbocycles. The van der Waals surface area contributed by atoms with Gasteiger partial charge < -0.3 is 9.47 Å². The second-order valence-electron chi connectivity index (χ2n) is 6.36. The third-order valence-corrected chi connectivity index (χ3v) is 4.45. The van der Waals surface area contributed by atoms with Gasteiger partial charge in [0, 0.05) is 11.6 Å². The summed E-state index contributed by atoms with van der Waals surface area (Å²) in [6, 6.07) is 9.66. The number of carbonyl (C=O) groups is 3. The molecule has 144 valence electrons. The third kappa shape index (κ3) is 3.46. The molecule has 0 aliphatic carbocycles. The summed E-state index contributed by atoms with van der Waals surface area (Å²) in [4.78, 5) is 38.8. The standard InChI is InChI=1S/C21H20N2O5/c1-12-5-6-13(2)17(9-12)23-20(25)16(19(24)22-21(23)26)10-14-7-8-15(27-3)11-18(14)28-4/h5-11H,1-4H3,(H,22,24,26)/b16-10+. The van der Waals surface area contributed by atoms with Gasteiger partial charge in [0.25, 0.3) is 11.8 Å². The van der Waals surface area contributed by atoms with E-state index in [9.17, 15) is 14.4 Å². The lowest BCUT2D eigenvalue weighted by molar-refractivity contribution is -0.122. The van der Waals surface area contributed by atoms with Crippen LogP contribution < -0.4 is 19.7 Å². The molecule has 0 unspecified atom stereocenters. The zero-order chi connectivity index (χ0) is 20.4. The van der Waals surface area contributed by atoms with Gasteiger partial charge in [-0.05, 0) is 49.2 Å². The van der Waals surface area contributed by atoms with E-state index in [1.807, 2.05) is 19.1 Å². The molecule has 3 rings (SSSR count). The molecule has 4 amide bonds. The number of aryl methyl sites for hydroxylation is 2. The van der Waals surface area contributed by atoms with E-state index < -0.39 is 17.8 Å². The van der Waals surface area contributed by atoms with Gasteiger partial charge in [-0.3, -0.25) is 14.9 Å². The van der Waals surface area contributed by atoms with Crippen LogP contribution in [-0.4, -0.2) is 32.1 Å². The monoisotopic (exact) mass is 380 g/mol. The van der Waals surface area contributed by atoms with E-state index in [0.717, 1.165) is 16.0 Å². The molecule has 7 nitrogen and oxygen atoms in total. The summed E-state index contributed by atoms with van der Waals surface area (Å²) >= 11 is 0. The number of nitrogens with zero attached hydrogens (tertiary/aromatic N) is 1. The van der Waals surface area contributed by atoms with Gasteiger partial charge >= 0.3 is 6.03 Å². The van der Waals surface area contributed by atoms with Crippen LogP contribution in [0, 0.1) is 13.8 Å². The molecular weight excluding hydrogens is 360 g/mol. The van der Waals surface area contributed by atoms with Crippen LogP contribution in [0.15, 0.2) is 42.0 Å². The Hall–Kier alpha value is -3.61. The minimum Gasteiger partial charge on any atom is -0.497 e. The Kier molecular flexibility index (Phi) is 5.17. The molecule has 1 saturated heterocycles. The van der Waals surface area contributed by atoms with Crippen LogP contribution in [0.5, 0.6) is 11.5 Å². The van der Waals surface area contributed by atoms with Crippen molar-refractivity contribution < 1.29 is 23.9 Å². The number of hydrogen-bond donors (Lipinski definition) is 1. The molecule has 1 aliphatic rings. The zero-order valence-electron chi connectivity index (χ0n) is 16.0. The molecule has 1 heterocycles. The second-order valence-corrected chi connectivity index (χ2v) is 6.36. The molecule has 0 bridgehead atoms. The first-order valence-electron chi connectivity index (χ1n) is 8.56. The first-order chi connectivity index (χ1) is 13.3. The van der Waals surface area contributed by atoms with Crippen LogP contribution in [0.4, 0.5) is 10.5 Å². The molecule has 1 N–H and O–H groups in total. The van der Waals surface area contributed by atoms with Gasteiger partial charge in [-0.2, -0.15) is 0 Å². The van der Waals surface area contributed by atoms with Crippen LogP contribution in [-0.2, 0) is 9.59 Å². The van der Waals surface area contributed by atoms with E-state index in [0.29, 0.717) is 22.7 Å². The summed E-state index contributed by atoms with van der Waals surface area (Å²) in [6.45, 7) is 3.65. The molecule has 0 atom stereocenters. The van der Waals surface area contributed by atoms with E-state index in [1.54, 1.807) is 31.2 Å². The Bertz CT molecular complexity index is 1010.